The highest BCUT2D eigenvalue weighted by molar-refractivity contribution is 7.98. The highest BCUT2D eigenvalue weighted by Crippen LogP contribution is 2.28. The van der Waals surface area contributed by atoms with Crippen molar-refractivity contribution >= 4 is 29.3 Å². The third-order valence-electron chi connectivity index (χ3n) is 4.06. The minimum absolute atomic E-state index is 0.0328. The van der Waals surface area contributed by atoms with Gasteiger partial charge in [-0.1, -0.05) is 43.7 Å². The van der Waals surface area contributed by atoms with Gasteiger partial charge in [0, 0.05) is 6.07 Å². The number of thioether (sulfide) groups is 1. The van der Waals surface area contributed by atoms with E-state index in [9.17, 15) is 19.7 Å². The van der Waals surface area contributed by atoms with Gasteiger partial charge in [0.25, 0.3) is 11.6 Å². The molecule has 2 rings (SSSR count). The van der Waals surface area contributed by atoms with Crippen LogP contribution in [0.1, 0.15) is 41.7 Å². The number of esters is 1. The number of benzene rings is 2. The third kappa shape index (κ3) is 5.82. The molecule has 0 bridgehead atoms. The summed E-state index contributed by atoms with van der Waals surface area (Å²) in [7, 11) is 0. The zero-order chi connectivity index (χ0) is 20.5. The van der Waals surface area contributed by atoms with Crippen molar-refractivity contribution in [1.82, 2.24) is 5.32 Å². The van der Waals surface area contributed by atoms with Gasteiger partial charge in [-0.2, -0.15) is 0 Å². The highest BCUT2D eigenvalue weighted by atomic mass is 32.2. The molecule has 1 amide bonds. The predicted molar refractivity (Wildman–Crippen MR) is 107 cm³/mol. The normalized spacial score (nSPS) is 11.5. The Morgan fingerprint density at radius 1 is 1.21 bits per heavy atom. The first-order chi connectivity index (χ1) is 13.5. The Balaban J connectivity index is 1.99. The van der Waals surface area contributed by atoms with Gasteiger partial charge >= 0.3 is 5.97 Å². The molecular weight excluding hydrogens is 380 g/mol. The number of hydrogen-bond donors (Lipinski definition) is 1. The predicted octanol–water partition coefficient (Wildman–Crippen LogP) is 4.13. The van der Waals surface area contributed by atoms with Crippen molar-refractivity contribution in [3.63, 3.8) is 0 Å². The zero-order valence-corrected chi connectivity index (χ0v) is 16.5. The summed E-state index contributed by atoms with van der Waals surface area (Å²) < 4.78 is 5.03. The van der Waals surface area contributed by atoms with Crippen LogP contribution in [0.3, 0.4) is 0 Å². The number of hydrogen-bond acceptors (Lipinski definition) is 6. The summed E-state index contributed by atoms with van der Waals surface area (Å²) in [6.45, 7) is 1.57. The molecule has 8 heteroatoms. The maximum absolute atomic E-state index is 12.2. The Labute approximate surface area is 167 Å². The van der Waals surface area contributed by atoms with E-state index < -0.39 is 23.4 Å². The molecule has 0 spiro atoms. The van der Waals surface area contributed by atoms with Gasteiger partial charge in [0.05, 0.1) is 21.4 Å². The van der Waals surface area contributed by atoms with Crippen LogP contribution in [0.25, 0.3) is 0 Å². The smallest absolute Gasteiger partial charge is 0.338 e. The molecule has 0 heterocycles. The Morgan fingerprint density at radius 2 is 1.93 bits per heavy atom. The highest BCUT2D eigenvalue weighted by Gasteiger charge is 2.19. The van der Waals surface area contributed by atoms with E-state index >= 15 is 0 Å². The number of amides is 1. The molecule has 2 aromatic carbocycles. The van der Waals surface area contributed by atoms with Gasteiger partial charge in [-0.25, -0.2) is 4.79 Å². The minimum atomic E-state index is -0.780. The molecule has 0 aliphatic heterocycles. The molecule has 1 atom stereocenters. The van der Waals surface area contributed by atoms with Crippen LogP contribution in [0.4, 0.5) is 5.69 Å². The lowest BCUT2D eigenvalue weighted by molar-refractivity contribution is -0.387. The van der Waals surface area contributed by atoms with E-state index in [1.165, 1.54) is 23.9 Å². The summed E-state index contributed by atoms with van der Waals surface area (Å²) in [5, 5.41) is 14.0. The number of nitrogens with one attached hydrogen (secondary N) is 1. The molecule has 7 nitrogen and oxygen atoms in total. The molecule has 0 saturated heterocycles. The molecule has 0 saturated carbocycles. The average Bonchev–Trinajstić information content (AvgIpc) is 2.71. The van der Waals surface area contributed by atoms with E-state index in [0.29, 0.717) is 4.90 Å². The lowest BCUT2D eigenvalue weighted by atomic mass is 10.0. The van der Waals surface area contributed by atoms with Crippen molar-refractivity contribution in [2.75, 3.05) is 12.9 Å². The van der Waals surface area contributed by atoms with E-state index in [0.717, 1.165) is 24.5 Å². The van der Waals surface area contributed by atoms with E-state index in [4.69, 9.17) is 4.74 Å². The van der Waals surface area contributed by atoms with Crippen molar-refractivity contribution in [2.45, 2.75) is 30.7 Å². The van der Waals surface area contributed by atoms with Gasteiger partial charge < -0.3 is 10.1 Å². The first kappa shape index (κ1) is 21.4. The van der Waals surface area contributed by atoms with E-state index in [2.05, 4.69) is 5.32 Å². The van der Waals surface area contributed by atoms with Crippen LogP contribution >= 0.6 is 11.8 Å². The molecule has 0 aliphatic carbocycles. The molecule has 0 aromatic heterocycles. The van der Waals surface area contributed by atoms with Crippen molar-refractivity contribution in [2.24, 2.45) is 0 Å². The fourth-order valence-corrected chi connectivity index (χ4v) is 3.25. The van der Waals surface area contributed by atoms with Gasteiger partial charge in [-0.3, -0.25) is 14.9 Å². The van der Waals surface area contributed by atoms with Crippen LogP contribution in [0, 0.1) is 10.1 Å². The molecular formula is C20H22N2O5S. The Kier molecular flexibility index (Phi) is 8.01. The van der Waals surface area contributed by atoms with Crippen molar-refractivity contribution < 1.29 is 19.2 Å². The molecule has 1 N–H and O–H groups in total. The molecule has 0 unspecified atom stereocenters. The second-order valence-corrected chi connectivity index (χ2v) is 6.89. The Hall–Kier alpha value is -2.87. The number of ether oxygens (including phenoxy) is 1. The van der Waals surface area contributed by atoms with Crippen molar-refractivity contribution in [3.8, 4) is 0 Å². The summed E-state index contributed by atoms with van der Waals surface area (Å²) in [6, 6.07) is 13.5. The van der Waals surface area contributed by atoms with Crippen molar-refractivity contribution in [3.05, 3.63) is 69.8 Å². The standard InChI is InChI=1S/C20H22N2O5S/c1-3-7-16(14-8-5-4-6-9-14)21-19(23)13-27-20(24)15-10-11-18(28-2)17(12-15)22(25)26/h4-6,8-12,16H,3,7,13H2,1-2H3,(H,21,23)/t16-/m1/s1. The first-order valence-electron chi connectivity index (χ1n) is 8.80. The number of nitro benzene ring substituents is 1. The Bertz CT molecular complexity index is 842. The maximum atomic E-state index is 12.2. The van der Waals surface area contributed by atoms with E-state index in [1.807, 2.05) is 37.3 Å². The van der Waals surface area contributed by atoms with Crippen molar-refractivity contribution in [1.29, 1.82) is 0 Å². The molecule has 148 valence electrons. The number of carbonyl (C=O) groups is 2. The molecule has 0 fully saturated rings. The van der Waals surface area contributed by atoms with E-state index in [1.54, 1.807) is 6.26 Å². The second kappa shape index (κ2) is 10.5. The number of nitro groups is 1. The minimum Gasteiger partial charge on any atom is -0.452 e. The fourth-order valence-electron chi connectivity index (χ4n) is 2.71. The van der Waals surface area contributed by atoms with Gasteiger partial charge in [-0.15, -0.1) is 11.8 Å². The lowest BCUT2D eigenvalue weighted by Gasteiger charge is -2.18. The summed E-state index contributed by atoms with van der Waals surface area (Å²) in [6.07, 6.45) is 3.35. The molecule has 2 aromatic rings. The van der Waals surface area contributed by atoms with Crippen LogP contribution in [-0.4, -0.2) is 29.7 Å². The zero-order valence-electron chi connectivity index (χ0n) is 15.7. The quantitative estimate of drug-likeness (QED) is 0.293. The SMILES string of the molecule is CCC[C@@H](NC(=O)COC(=O)c1ccc(SC)c([N+](=O)[O-])c1)c1ccccc1. The largest absolute Gasteiger partial charge is 0.452 e. The van der Waals surface area contributed by atoms with E-state index in [-0.39, 0.29) is 17.3 Å². The number of nitrogens with zero attached hydrogens (tertiary/aromatic N) is 1. The summed E-state index contributed by atoms with van der Waals surface area (Å²) in [5.74, 6) is -1.21. The van der Waals surface area contributed by atoms with Crippen LogP contribution in [0.2, 0.25) is 0 Å². The monoisotopic (exact) mass is 402 g/mol. The van der Waals surface area contributed by atoms with Gasteiger partial charge in [0.2, 0.25) is 0 Å². The van der Waals surface area contributed by atoms with Gasteiger partial charge in [0.1, 0.15) is 0 Å². The van der Waals surface area contributed by atoms with Crippen LogP contribution in [0.5, 0.6) is 0 Å². The third-order valence-corrected chi connectivity index (χ3v) is 4.85. The average molecular weight is 402 g/mol. The molecule has 28 heavy (non-hydrogen) atoms. The summed E-state index contributed by atoms with van der Waals surface area (Å²) >= 11 is 1.21. The first-order valence-corrected chi connectivity index (χ1v) is 10.0. The van der Waals surface area contributed by atoms with Crippen LogP contribution in [0.15, 0.2) is 53.4 Å². The topological polar surface area (TPSA) is 98.5 Å². The lowest BCUT2D eigenvalue weighted by Crippen LogP contribution is -2.32. The molecule has 0 radical (unpaired) electrons. The summed E-state index contributed by atoms with van der Waals surface area (Å²) in [4.78, 5) is 35.4. The van der Waals surface area contributed by atoms with Crippen LogP contribution in [-0.2, 0) is 9.53 Å². The van der Waals surface area contributed by atoms with Gasteiger partial charge in [-0.05, 0) is 30.4 Å². The summed E-state index contributed by atoms with van der Waals surface area (Å²) in [5.41, 5.74) is 0.844. The fraction of sp³-hybridized carbons (Fsp3) is 0.300. The van der Waals surface area contributed by atoms with Crippen LogP contribution < -0.4 is 5.32 Å². The number of carbonyl (C=O) groups excluding carboxylic acids is 2. The maximum Gasteiger partial charge on any atom is 0.338 e. The number of rotatable bonds is 9. The Morgan fingerprint density at radius 3 is 2.54 bits per heavy atom. The second-order valence-electron chi connectivity index (χ2n) is 6.04. The van der Waals surface area contributed by atoms with Gasteiger partial charge in [0.15, 0.2) is 6.61 Å². The molecule has 0 aliphatic rings.